The van der Waals surface area contributed by atoms with Gasteiger partial charge < -0.3 is 10.2 Å². The number of hydrogen-bond acceptors (Lipinski definition) is 4. The SMILES string of the molecule is CCNC(=O)C(CC)N(Cc1ccc(C)cc1)C(=O)CN(c1cccc(C)c1C)S(=O)(=O)c1ccc(C)cc1. The molecule has 1 atom stereocenters. The monoisotopic (exact) mass is 549 g/mol. The van der Waals surface area contributed by atoms with E-state index in [9.17, 15) is 18.0 Å². The van der Waals surface area contributed by atoms with Crippen molar-refractivity contribution >= 4 is 27.5 Å². The van der Waals surface area contributed by atoms with Crippen molar-refractivity contribution in [1.29, 1.82) is 0 Å². The smallest absolute Gasteiger partial charge is 0.264 e. The minimum atomic E-state index is -4.09. The van der Waals surface area contributed by atoms with Gasteiger partial charge in [0, 0.05) is 13.1 Å². The third-order valence-electron chi connectivity index (χ3n) is 6.94. The molecule has 0 bridgehead atoms. The van der Waals surface area contributed by atoms with Crippen molar-refractivity contribution in [2.45, 2.75) is 65.4 Å². The van der Waals surface area contributed by atoms with Gasteiger partial charge in [0.05, 0.1) is 10.6 Å². The van der Waals surface area contributed by atoms with E-state index in [0.29, 0.717) is 18.7 Å². The second-order valence-corrected chi connectivity index (χ2v) is 11.7. The van der Waals surface area contributed by atoms with Gasteiger partial charge in [-0.1, -0.05) is 66.6 Å². The molecule has 1 N–H and O–H groups in total. The molecule has 0 aromatic heterocycles. The fourth-order valence-corrected chi connectivity index (χ4v) is 5.93. The predicted molar refractivity (Wildman–Crippen MR) is 156 cm³/mol. The zero-order chi connectivity index (χ0) is 28.7. The molecular formula is C31H39N3O4S. The fourth-order valence-electron chi connectivity index (χ4n) is 4.46. The number of sulfonamides is 1. The number of likely N-dealkylation sites (N-methyl/N-ethyl adjacent to an activating group) is 1. The molecule has 8 heteroatoms. The van der Waals surface area contributed by atoms with Crippen LogP contribution in [-0.4, -0.2) is 44.3 Å². The molecule has 2 amide bonds. The van der Waals surface area contributed by atoms with E-state index in [2.05, 4.69) is 5.32 Å². The number of nitrogens with zero attached hydrogens (tertiary/aromatic N) is 2. The Bertz CT molecular complexity index is 1400. The van der Waals surface area contributed by atoms with E-state index < -0.39 is 28.5 Å². The lowest BCUT2D eigenvalue weighted by Crippen LogP contribution is -2.52. The molecule has 0 spiro atoms. The Morgan fingerprint density at radius 1 is 0.846 bits per heavy atom. The molecule has 3 rings (SSSR count). The van der Waals surface area contributed by atoms with Gasteiger partial charge in [-0.3, -0.25) is 13.9 Å². The van der Waals surface area contributed by atoms with Crippen molar-refractivity contribution in [3.63, 3.8) is 0 Å². The third-order valence-corrected chi connectivity index (χ3v) is 8.72. The number of benzene rings is 3. The summed E-state index contributed by atoms with van der Waals surface area (Å²) >= 11 is 0. The summed E-state index contributed by atoms with van der Waals surface area (Å²) in [6, 6.07) is 19.0. The zero-order valence-corrected chi connectivity index (χ0v) is 24.5. The van der Waals surface area contributed by atoms with E-state index in [1.807, 2.05) is 71.9 Å². The van der Waals surface area contributed by atoms with Crippen LogP contribution >= 0.6 is 0 Å². The molecule has 0 aliphatic heterocycles. The Kier molecular flexibility index (Phi) is 9.92. The lowest BCUT2D eigenvalue weighted by atomic mass is 10.1. The maximum atomic E-state index is 14.1. The Balaban J connectivity index is 2.10. The second kappa shape index (κ2) is 12.9. The van der Waals surface area contributed by atoms with Gasteiger partial charge in [0.15, 0.2) is 0 Å². The highest BCUT2D eigenvalue weighted by atomic mass is 32.2. The molecule has 3 aromatic carbocycles. The van der Waals surface area contributed by atoms with E-state index in [4.69, 9.17) is 0 Å². The van der Waals surface area contributed by atoms with Gasteiger partial charge in [-0.05, 0) is 75.9 Å². The molecule has 0 aliphatic carbocycles. The maximum absolute atomic E-state index is 14.1. The number of carbonyl (C=O) groups is 2. The molecule has 208 valence electrons. The summed E-state index contributed by atoms with van der Waals surface area (Å²) in [4.78, 5) is 28.7. The van der Waals surface area contributed by atoms with E-state index in [1.54, 1.807) is 36.4 Å². The number of hydrogen-bond donors (Lipinski definition) is 1. The molecule has 7 nitrogen and oxygen atoms in total. The number of aryl methyl sites for hydroxylation is 3. The quantitative estimate of drug-likeness (QED) is 0.362. The first kappa shape index (κ1) is 29.9. The largest absolute Gasteiger partial charge is 0.355 e. The number of anilines is 1. The molecule has 1 unspecified atom stereocenters. The van der Waals surface area contributed by atoms with Gasteiger partial charge in [0.1, 0.15) is 12.6 Å². The van der Waals surface area contributed by atoms with Crippen LogP contribution in [0, 0.1) is 27.7 Å². The molecule has 0 radical (unpaired) electrons. The van der Waals surface area contributed by atoms with Crippen molar-refractivity contribution < 1.29 is 18.0 Å². The van der Waals surface area contributed by atoms with Crippen LogP contribution in [-0.2, 0) is 26.2 Å². The van der Waals surface area contributed by atoms with Crippen LogP contribution in [0.4, 0.5) is 5.69 Å². The molecular weight excluding hydrogens is 510 g/mol. The Morgan fingerprint density at radius 2 is 1.44 bits per heavy atom. The molecule has 0 aliphatic rings. The second-order valence-electron chi connectivity index (χ2n) is 9.87. The molecule has 0 saturated carbocycles. The standard InChI is InChI=1S/C31H39N3O4S/c1-7-28(31(36)32-8-2)33(20-26-16-12-22(3)13-17-26)30(35)21-34(29-11-9-10-24(5)25(29)6)39(37,38)27-18-14-23(4)15-19-27/h9-19,28H,7-8,20-21H2,1-6H3,(H,32,36). The number of rotatable bonds is 11. The minimum absolute atomic E-state index is 0.0997. The Morgan fingerprint density at radius 3 is 2.00 bits per heavy atom. The van der Waals surface area contributed by atoms with E-state index in [1.165, 1.54) is 9.21 Å². The van der Waals surface area contributed by atoms with Gasteiger partial charge in [-0.25, -0.2) is 8.42 Å². The summed E-state index contributed by atoms with van der Waals surface area (Å²) in [6.07, 6.45) is 0.387. The van der Waals surface area contributed by atoms with E-state index >= 15 is 0 Å². The number of carbonyl (C=O) groups excluding carboxylic acids is 2. The van der Waals surface area contributed by atoms with Crippen LogP contribution in [0.3, 0.4) is 0 Å². The zero-order valence-electron chi connectivity index (χ0n) is 23.7. The third kappa shape index (κ3) is 7.06. The first-order chi connectivity index (χ1) is 18.5. The predicted octanol–water partition coefficient (Wildman–Crippen LogP) is 5.06. The van der Waals surface area contributed by atoms with Crippen LogP contribution in [0.2, 0.25) is 0 Å². The summed E-state index contributed by atoms with van der Waals surface area (Å²) in [5.74, 6) is -0.717. The molecule has 0 saturated heterocycles. The normalized spacial score (nSPS) is 12.1. The van der Waals surface area contributed by atoms with Gasteiger partial charge in [-0.2, -0.15) is 0 Å². The highest BCUT2D eigenvalue weighted by Crippen LogP contribution is 2.29. The summed E-state index contributed by atoms with van der Waals surface area (Å²) in [5.41, 5.74) is 4.98. The number of amides is 2. The summed E-state index contributed by atoms with van der Waals surface area (Å²) in [7, 11) is -4.09. The highest BCUT2D eigenvalue weighted by Gasteiger charge is 2.34. The first-order valence-corrected chi connectivity index (χ1v) is 14.7. The average molecular weight is 550 g/mol. The van der Waals surface area contributed by atoms with Crippen molar-refractivity contribution in [2.75, 3.05) is 17.4 Å². The van der Waals surface area contributed by atoms with Crippen molar-refractivity contribution in [3.05, 3.63) is 94.5 Å². The summed E-state index contributed by atoms with van der Waals surface area (Å²) in [5, 5.41) is 2.83. The Labute approximate surface area is 232 Å². The highest BCUT2D eigenvalue weighted by molar-refractivity contribution is 7.92. The molecule has 3 aromatic rings. The summed E-state index contributed by atoms with van der Waals surface area (Å²) in [6.45, 7) is 11.5. The fraction of sp³-hybridized carbons (Fsp3) is 0.355. The lowest BCUT2D eigenvalue weighted by molar-refractivity contribution is -0.140. The van der Waals surface area contributed by atoms with Gasteiger partial charge in [0.2, 0.25) is 11.8 Å². The van der Waals surface area contributed by atoms with Gasteiger partial charge >= 0.3 is 0 Å². The van der Waals surface area contributed by atoms with Gasteiger partial charge in [0.25, 0.3) is 10.0 Å². The molecule has 0 fully saturated rings. The van der Waals surface area contributed by atoms with Crippen LogP contribution in [0.5, 0.6) is 0 Å². The number of nitrogens with one attached hydrogen (secondary N) is 1. The van der Waals surface area contributed by atoms with Crippen LogP contribution < -0.4 is 9.62 Å². The first-order valence-electron chi connectivity index (χ1n) is 13.3. The van der Waals surface area contributed by atoms with Crippen LogP contribution in [0.25, 0.3) is 0 Å². The topological polar surface area (TPSA) is 86.8 Å². The average Bonchev–Trinajstić information content (AvgIpc) is 2.90. The molecule has 39 heavy (non-hydrogen) atoms. The Hall–Kier alpha value is -3.65. The van der Waals surface area contributed by atoms with Crippen molar-refractivity contribution in [3.8, 4) is 0 Å². The van der Waals surface area contributed by atoms with Crippen LogP contribution in [0.1, 0.15) is 48.1 Å². The lowest BCUT2D eigenvalue weighted by Gasteiger charge is -2.33. The van der Waals surface area contributed by atoms with Crippen molar-refractivity contribution in [2.24, 2.45) is 0 Å². The van der Waals surface area contributed by atoms with E-state index in [-0.39, 0.29) is 17.3 Å². The van der Waals surface area contributed by atoms with Crippen molar-refractivity contribution in [1.82, 2.24) is 10.2 Å². The maximum Gasteiger partial charge on any atom is 0.264 e. The van der Waals surface area contributed by atoms with E-state index in [0.717, 1.165) is 27.8 Å². The molecule has 0 heterocycles. The van der Waals surface area contributed by atoms with Gasteiger partial charge in [-0.15, -0.1) is 0 Å². The van der Waals surface area contributed by atoms with Crippen LogP contribution in [0.15, 0.2) is 71.6 Å². The minimum Gasteiger partial charge on any atom is -0.355 e. The summed E-state index contributed by atoms with van der Waals surface area (Å²) < 4.78 is 29.2.